The first-order valence-corrected chi connectivity index (χ1v) is 19.2. The van der Waals surface area contributed by atoms with Crippen LogP contribution in [-0.2, 0) is 18.9 Å². The summed E-state index contributed by atoms with van der Waals surface area (Å²) in [5.41, 5.74) is -5.49. The maximum Gasteiger partial charge on any atom is 0.514 e. The zero-order chi connectivity index (χ0) is 34.4. The second-order valence-electron chi connectivity index (χ2n) is 17.5. The van der Waals surface area contributed by atoms with Gasteiger partial charge in [-0.2, -0.15) is 17.4 Å². The van der Waals surface area contributed by atoms with Crippen LogP contribution in [0.5, 0.6) is 0 Å². The minimum Gasteiger partial charge on any atom is -0.461 e. The van der Waals surface area contributed by atoms with Gasteiger partial charge in [-0.25, -0.2) is 9.57 Å². The van der Waals surface area contributed by atoms with Crippen molar-refractivity contribution in [2.45, 2.75) is 112 Å². The number of benzene rings is 1. The largest absolute Gasteiger partial charge is 0.514 e. The molecule has 1 unspecified atom stereocenters. The lowest BCUT2D eigenvalue weighted by Crippen LogP contribution is -2.65. The number of carbonyl (C=O) groups excluding carboxylic acids is 1. The number of nitrogens with one attached hydrogen (secondary N) is 1. The summed E-state index contributed by atoms with van der Waals surface area (Å²) in [6.45, 7) is 16.4. The Kier molecular flexibility index (Phi) is 8.33. The van der Waals surface area contributed by atoms with E-state index < -0.39 is 20.9 Å². The molecule has 0 radical (unpaired) electrons. The van der Waals surface area contributed by atoms with Crippen LogP contribution in [0.15, 0.2) is 42.2 Å². The van der Waals surface area contributed by atoms with Crippen molar-refractivity contribution in [2.24, 2.45) is 62.6 Å². The van der Waals surface area contributed by atoms with E-state index in [1.807, 2.05) is 44.2 Å². The van der Waals surface area contributed by atoms with Gasteiger partial charge in [-0.3, -0.25) is 0 Å². The molecule has 5 aliphatic carbocycles. The van der Waals surface area contributed by atoms with E-state index in [2.05, 4.69) is 34.6 Å². The average Bonchev–Trinajstić information content (AvgIpc) is 3.38. The van der Waals surface area contributed by atoms with E-state index in [0.29, 0.717) is 48.2 Å². The van der Waals surface area contributed by atoms with E-state index in [0.717, 1.165) is 51.4 Å². The summed E-state index contributed by atoms with van der Waals surface area (Å²) >= 11 is 0. The summed E-state index contributed by atoms with van der Waals surface area (Å²) in [6.07, 6.45) is 10.6. The standard InChI is InChI=1S/C38H54F3NO4S/c1-24(2)26-15-20-37(23-45-32(43)25-11-9-8-10-12-25)22-21-35(6)27(31(26)37)13-14-29-34(5)18-17-30(46-47(42,44)38(39,40)41)33(3,4)28(34)16-19-36(29,35)7/h8-12,17,24,26-29,31,42H,13-16,18-23H2,1-7H3/t26-,27+,28-,29+,31+,34-,35+,36+,37+,47?/m0/s1. The lowest BCUT2D eigenvalue weighted by Gasteiger charge is -2.72. The highest BCUT2D eigenvalue weighted by Gasteiger charge is 2.71. The maximum absolute atomic E-state index is 13.4. The fourth-order valence-electron chi connectivity index (χ4n) is 12.6. The van der Waals surface area contributed by atoms with Gasteiger partial charge in [-0.05, 0) is 128 Å². The minimum atomic E-state index is -5.24. The van der Waals surface area contributed by atoms with E-state index in [4.69, 9.17) is 13.7 Å². The number of esters is 1. The molecule has 262 valence electrons. The number of fused-ring (bicyclic) bond motifs is 7. The molecule has 5 aliphatic rings. The number of allylic oxidation sites excluding steroid dienone is 2. The molecule has 6 rings (SSSR count). The van der Waals surface area contributed by atoms with Gasteiger partial charge in [-0.15, -0.1) is 0 Å². The van der Waals surface area contributed by atoms with Crippen LogP contribution in [0.1, 0.15) is 117 Å². The zero-order valence-electron chi connectivity index (χ0n) is 29.2. The van der Waals surface area contributed by atoms with Crippen LogP contribution in [0.3, 0.4) is 0 Å². The van der Waals surface area contributed by atoms with Crippen LogP contribution in [0.2, 0.25) is 0 Å². The van der Waals surface area contributed by atoms with Crippen LogP contribution < -0.4 is 0 Å². The number of halogens is 3. The Labute approximate surface area is 280 Å². The predicted octanol–water partition coefficient (Wildman–Crippen LogP) is 10.6. The first kappa shape index (κ1) is 34.8. The quantitative estimate of drug-likeness (QED) is 0.304. The molecular weight excluding hydrogens is 623 g/mol. The monoisotopic (exact) mass is 677 g/mol. The number of hydrogen-bond donors (Lipinski definition) is 1. The molecule has 9 heteroatoms. The smallest absolute Gasteiger partial charge is 0.461 e. The third-order valence-electron chi connectivity index (χ3n) is 15.0. The maximum atomic E-state index is 13.4. The van der Waals surface area contributed by atoms with E-state index in [1.165, 1.54) is 0 Å². The van der Waals surface area contributed by atoms with Gasteiger partial charge >= 0.3 is 21.5 Å². The average molecular weight is 678 g/mol. The molecule has 0 bridgehead atoms. The third kappa shape index (κ3) is 5.12. The molecule has 4 fully saturated rings. The summed E-state index contributed by atoms with van der Waals surface area (Å²) < 4.78 is 71.4. The number of alkyl halides is 3. The highest BCUT2D eigenvalue weighted by molar-refractivity contribution is 7.88. The summed E-state index contributed by atoms with van der Waals surface area (Å²) in [6, 6.07) is 9.28. The molecule has 5 nitrogen and oxygen atoms in total. The van der Waals surface area contributed by atoms with E-state index in [9.17, 15) is 22.2 Å². The zero-order valence-corrected chi connectivity index (χ0v) is 30.0. The number of hydrogen-bond acceptors (Lipinski definition) is 5. The van der Waals surface area contributed by atoms with Crippen molar-refractivity contribution < 1.29 is 31.1 Å². The van der Waals surface area contributed by atoms with Crippen LogP contribution in [-0.4, -0.2) is 22.3 Å². The molecule has 0 amide bonds. The lowest BCUT2D eigenvalue weighted by atomic mass is 9.32. The molecule has 0 heterocycles. The second-order valence-corrected chi connectivity index (χ2v) is 19.1. The fraction of sp³-hybridized carbons (Fsp3) is 0.763. The first-order valence-electron chi connectivity index (χ1n) is 17.7. The van der Waals surface area contributed by atoms with E-state index in [-0.39, 0.29) is 39.3 Å². The van der Waals surface area contributed by atoms with Crippen LogP contribution in [0, 0.1) is 67.4 Å². The van der Waals surface area contributed by atoms with Gasteiger partial charge in [0.2, 0.25) is 0 Å². The summed E-state index contributed by atoms with van der Waals surface area (Å²) in [7, 11) is -5.24. The highest BCUT2D eigenvalue weighted by Crippen LogP contribution is 2.77. The summed E-state index contributed by atoms with van der Waals surface area (Å²) in [5.74, 6) is 2.33. The Morgan fingerprint density at radius 3 is 2.26 bits per heavy atom. The van der Waals surface area contributed by atoms with Gasteiger partial charge in [0.1, 0.15) is 5.76 Å². The molecule has 1 aromatic rings. The van der Waals surface area contributed by atoms with E-state index >= 15 is 0 Å². The molecule has 0 aromatic heterocycles. The first-order chi connectivity index (χ1) is 21.7. The van der Waals surface area contributed by atoms with Crippen molar-refractivity contribution in [3.05, 3.63) is 47.7 Å². The molecule has 47 heavy (non-hydrogen) atoms. The van der Waals surface area contributed by atoms with Gasteiger partial charge in [0, 0.05) is 10.8 Å². The van der Waals surface area contributed by atoms with Crippen molar-refractivity contribution in [1.82, 2.24) is 0 Å². The van der Waals surface area contributed by atoms with Gasteiger partial charge in [0.25, 0.3) is 0 Å². The van der Waals surface area contributed by atoms with Gasteiger partial charge in [0.15, 0.2) is 0 Å². The molecule has 0 spiro atoms. The molecule has 4 saturated carbocycles. The van der Waals surface area contributed by atoms with Crippen LogP contribution >= 0.6 is 0 Å². The van der Waals surface area contributed by atoms with Gasteiger partial charge in [0.05, 0.1) is 12.2 Å². The Bertz CT molecular complexity index is 1520. The van der Waals surface area contributed by atoms with Gasteiger partial charge in [-0.1, -0.05) is 66.7 Å². The number of ether oxygens (including phenoxy) is 1. The van der Waals surface area contributed by atoms with Crippen molar-refractivity contribution in [2.75, 3.05) is 6.61 Å². The van der Waals surface area contributed by atoms with Crippen molar-refractivity contribution in [3.8, 4) is 0 Å². The van der Waals surface area contributed by atoms with Crippen LogP contribution in [0.25, 0.3) is 0 Å². The minimum absolute atomic E-state index is 0.0163. The lowest BCUT2D eigenvalue weighted by molar-refractivity contribution is -0.233. The number of carbonyl (C=O) groups is 1. The second kappa shape index (κ2) is 11.2. The van der Waals surface area contributed by atoms with E-state index in [1.54, 1.807) is 6.08 Å². The van der Waals surface area contributed by atoms with Crippen LogP contribution in [0.4, 0.5) is 13.2 Å². The SMILES string of the molecule is CC(C)[C@@H]1CC[C@]2(COC(=O)c3ccccc3)CC[C@]3(C)[C@H](CC[C@@H]4[C@@]5(C)CC=C(OS(=N)(=O)C(F)(F)F)C(C)(C)[C@@H]5CC[C@]43C)[C@@H]12. The van der Waals surface area contributed by atoms with Gasteiger partial charge < -0.3 is 8.92 Å². The number of rotatable bonds is 6. The molecule has 1 N–H and O–H groups in total. The third-order valence-corrected chi connectivity index (χ3v) is 16.0. The Hall–Kier alpha value is -2.03. The Morgan fingerprint density at radius 2 is 1.62 bits per heavy atom. The molecule has 10 atom stereocenters. The predicted molar refractivity (Wildman–Crippen MR) is 177 cm³/mol. The normalized spacial score (nSPS) is 42.2. The molecular formula is C38H54F3NO4S. The van der Waals surface area contributed by atoms with Crippen molar-refractivity contribution in [3.63, 3.8) is 0 Å². The summed E-state index contributed by atoms with van der Waals surface area (Å²) in [5, 5.41) is 0. The van der Waals surface area contributed by atoms with Crippen molar-refractivity contribution >= 4 is 16.0 Å². The molecule has 1 aromatic carbocycles. The Balaban J connectivity index is 1.30. The topological polar surface area (TPSA) is 76.5 Å². The van der Waals surface area contributed by atoms with Crippen molar-refractivity contribution in [1.29, 1.82) is 4.78 Å². The highest BCUT2D eigenvalue weighted by atomic mass is 32.2. The Morgan fingerprint density at radius 1 is 0.936 bits per heavy atom. The molecule has 0 saturated heterocycles. The fourth-order valence-corrected chi connectivity index (χ4v) is 13.2. The summed E-state index contributed by atoms with van der Waals surface area (Å²) in [4.78, 5) is 13.1. The molecule has 0 aliphatic heterocycles.